The van der Waals surface area contributed by atoms with Gasteiger partial charge in [0.2, 0.25) is 0 Å². The number of halogens is 3. The standard InChI is InChI=1S/C7H7BF3NO2/c9-7(10,11)4-2-1-3-5(12)6(4)8(13)14/h1-3,13-14H,12H2. The van der Waals surface area contributed by atoms with Crippen LogP contribution in [0.2, 0.25) is 0 Å². The molecule has 3 nitrogen and oxygen atoms in total. The van der Waals surface area contributed by atoms with Crippen molar-refractivity contribution in [1.29, 1.82) is 0 Å². The second-order valence-electron chi connectivity index (χ2n) is 2.68. The maximum absolute atomic E-state index is 12.3. The van der Waals surface area contributed by atoms with Crippen molar-refractivity contribution >= 4 is 18.3 Å². The summed E-state index contributed by atoms with van der Waals surface area (Å²) in [4.78, 5) is 0. The minimum atomic E-state index is -4.64. The molecule has 0 heterocycles. The van der Waals surface area contributed by atoms with Gasteiger partial charge in [-0.3, -0.25) is 0 Å². The van der Waals surface area contributed by atoms with E-state index in [0.717, 1.165) is 12.1 Å². The van der Waals surface area contributed by atoms with Crippen LogP contribution in [0.4, 0.5) is 18.9 Å². The van der Waals surface area contributed by atoms with Crippen LogP contribution in [-0.4, -0.2) is 17.2 Å². The van der Waals surface area contributed by atoms with E-state index in [-0.39, 0.29) is 5.69 Å². The van der Waals surface area contributed by atoms with E-state index >= 15 is 0 Å². The molecule has 0 aliphatic heterocycles. The quantitative estimate of drug-likeness (QED) is 0.445. The van der Waals surface area contributed by atoms with Crippen molar-refractivity contribution in [3.63, 3.8) is 0 Å². The molecule has 0 unspecified atom stereocenters. The average molecular weight is 205 g/mol. The first kappa shape index (κ1) is 10.9. The second kappa shape index (κ2) is 3.51. The topological polar surface area (TPSA) is 66.5 Å². The maximum atomic E-state index is 12.3. The first-order valence-electron chi connectivity index (χ1n) is 3.65. The number of nitrogens with two attached hydrogens (primary N) is 1. The monoisotopic (exact) mass is 205 g/mol. The lowest BCUT2D eigenvalue weighted by molar-refractivity contribution is -0.136. The Bertz CT molecular complexity index is 340. The summed E-state index contributed by atoms with van der Waals surface area (Å²) in [6.07, 6.45) is -4.64. The fraction of sp³-hybridized carbons (Fsp3) is 0.143. The first-order chi connectivity index (χ1) is 6.34. The zero-order valence-corrected chi connectivity index (χ0v) is 6.92. The number of benzene rings is 1. The molecule has 0 fully saturated rings. The second-order valence-corrected chi connectivity index (χ2v) is 2.68. The Labute approximate surface area is 78.1 Å². The summed E-state index contributed by atoms with van der Waals surface area (Å²) >= 11 is 0. The van der Waals surface area contributed by atoms with E-state index in [9.17, 15) is 13.2 Å². The van der Waals surface area contributed by atoms with Crippen molar-refractivity contribution in [2.75, 3.05) is 5.73 Å². The Hall–Kier alpha value is -1.21. The van der Waals surface area contributed by atoms with E-state index in [1.165, 1.54) is 6.07 Å². The van der Waals surface area contributed by atoms with Crippen LogP contribution in [-0.2, 0) is 6.18 Å². The van der Waals surface area contributed by atoms with E-state index in [0.29, 0.717) is 0 Å². The van der Waals surface area contributed by atoms with Gasteiger partial charge in [0.15, 0.2) is 0 Å². The molecule has 1 aromatic rings. The van der Waals surface area contributed by atoms with Crippen LogP contribution in [0.1, 0.15) is 5.56 Å². The largest absolute Gasteiger partial charge is 0.491 e. The zero-order chi connectivity index (χ0) is 10.9. The normalized spacial score (nSPS) is 11.5. The predicted molar refractivity (Wildman–Crippen MR) is 45.7 cm³/mol. The first-order valence-corrected chi connectivity index (χ1v) is 3.65. The number of alkyl halides is 3. The predicted octanol–water partition coefficient (Wildman–Crippen LogP) is -0.0326. The van der Waals surface area contributed by atoms with E-state index < -0.39 is 24.3 Å². The van der Waals surface area contributed by atoms with Gasteiger partial charge in [0, 0.05) is 11.2 Å². The van der Waals surface area contributed by atoms with E-state index in [4.69, 9.17) is 15.8 Å². The van der Waals surface area contributed by atoms with Gasteiger partial charge in [0.1, 0.15) is 0 Å². The highest BCUT2D eigenvalue weighted by molar-refractivity contribution is 6.61. The van der Waals surface area contributed by atoms with E-state index in [2.05, 4.69) is 0 Å². The molecule has 0 radical (unpaired) electrons. The molecule has 0 spiro atoms. The van der Waals surface area contributed by atoms with Crippen LogP contribution >= 0.6 is 0 Å². The van der Waals surface area contributed by atoms with Crippen molar-refractivity contribution in [3.8, 4) is 0 Å². The summed E-state index contributed by atoms with van der Waals surface area (Å²) < 4.78 is 36.9. The van der Waals surface area contributed by atoms with Gasteiger partial charge in [0.05, 0.1) is 5.56 Å². The summed E-state index contributed by atoms with van der Waals surface area (Å²) in [6, 6.07) is 3.01. The van der Waals surface area contributed by atoms with Gasteiger partial charge in [-0.15, -0.1) is 0 Å². The number of hydrogen-bond donors (Lipinski definition) is 3. The van der Waals surface area contributed by atoms with Crippen molar-refractivity contribution < 1.29 is 23.2 Å². The Balaban J connectivity index is 3.36. The zero-order valence-electron chi connectivity index (χ0n) is 6.92. The number of hydrogen-bond acceptors (Lipinski definition) is 3. The van der Waals surface area contributed by atoms with Crippen LogP contribution in [0.25, 0.3) is 0 Å². The van der Waals surface area contributed by atoms with Gasteiger partial charge < -0.3 is 15.8 Å². The Kier molecular flexibility index (Phi) is 2.72. The van der Waals surface area contributed by atoms with Crippen LogP contribution in [0.5, 0.6) is 0 Å². The summed E-state index contributed by atoms with van der Waals surface area (Å²) in [5.74, 6) is 0. The molecule has 0 saturated heterocycles. The Morgan fingerprint density at radius 3 is 2.14 bits per heavy atom. The highest BCUT2D eigenvalue weighted by Gasteiger charge is 2.37. The molecule has 0 aliphatic rings. The van der Waals surface area contributed by atoms with Crippen LogP contribution in [0, 0.1) is 0 Å². The maximum Gasteiger partial charge on any atom is 0.491 e. The summed E-state index contributed by atoms with van der Waals surface area (Å²) in [5.41, 5.74) is 3.06. The van der Waals surface area contributed by atoms with E-state index in [1.807, 2.05) is 0 Å². The minimum Gasteiger partial charge on any atom is -0.423 e. The molecule has 4 N–H and O–H groups in total. The molecule has 0 aliphatic carbocycles. The molecule has 1 rings (SSSR count). The van der Waals surface area contributed by atoms with Crippen molar-refractivity contribution in [1.82, 2.24) is 0 Å². The smallest absolute Gasteiger partial charge is 0.423 e. The molecular formula is C7H7BF3NO2. The Morgan fingerprint density at radius 1 is 1.21 bits per heavy atom. The Morgan fingerprint density at radius 2 is 1.79 bits per heavy atom. The average Bonchev–Trinajstić information content (AvgIpc) is 2.01. The summed E-state index contributed by atoms with van der Waals surface area (Å²) in [6.45, 7) is 0. The molecule has 14 heavy (non-hydrogen) atoms. The summed E-state index contributed by atoms with van der Waals surface area (Å²) in [5, 5.41) is 17.4. The molecule has 0 bridgehead atoms. The lowest BCUT2D eigenvalue weighted by atomic mass is 9.75. The highest BCUT2D eigenvalue weighted by Crippen LogP contribution is 2.28. The van der Waals surface area contributed by atoms with Crippen molar-refractivity contribution in [2.45, 2.75) is 6.18 Å². The molecule has 0 saturated carbocycles. The van der Waals surface area contributed by atoms with Gasteiger partial charge in [-0.2, -0.15) is 13.2 Å². The van der Waals surface area contributed by atoms with Crippen LogP contribution < -0.4 is 11.2 Å². The SMILES string of the molecule is Nc1cccc(C(F)(F)F)c1B(O)O. The molecule has 1 aromatic carbocycles. The number of anilines is 1. The van der Waals surface area contributed by atoms with Crippen LogP contribution in [0.3, 0.4) is 0 Å². The third kappa shape index (κ3) is 1.99. The van der Waals surface area contributed by atoms with Gasteiger partial charge >= 0.3 is 13.3 Å². The third-order valence-electron chi connectivity index (χ3n) is 1.70. The lowest BCUT2D eigenvalue weighted by Gasteiger charge is -2.13. The van der Waals surface area contributed by atoms with Crippen molar-refractivity contribution in [3.05, 3.63) is 23.8 Å². The molecule has 7 heteroatoms. The van der Waals surface area contributed by atoms with Gasteiger partial charge in [-0.05, 0) is 6.07 Å². The number of nitrogen functional groups attached to an aromatic ring is 1. The molecule has 0 aromatic heterocycles. The molecule has 0 atom stereocenters. The van der Waals surface area contributed by atoms with Gasteiger partial charge in [0.25, 0.3) is 0 Å². The van der Waals surface area contributed by atoms with Gasteiger partial charge in [-0.25, -0.2) is 0 Å². The van der Waals surface area contributed by atoms with Crippen molar-refractivity contribution in [2.24, 2.45) is 0 Å². The molecule has 76 valence electrons. The highest BCUT2D eigenvalue weighted by atomic mass is 19.4. The number of rotatable bonds is 1. The third-order valence-corrected chi connectivity index (χ3v) is 1.70. The lowest BCUT2D eigenvalue weighted by Crippen LogP contribution is -2.38. The van der Waals surface area contributed by atoms with Gasteiger partial charge in [-0.1, -0.05) is 12.1 Å². The van der Waals surface area contributed by atoms with Crippen LogP contribution in [0.15, 0.2) is 18.2 Å². The van der Waals surface area contributed by atoms with E-state index in [1.54, 1.807) is 0 Å². The minimum absolute atomic E-state index is 0.296. The molecular weight excluding hydrogens is 198 g/mol. The fourth-order valence-corrected chi connectivity index (χ4v) is 1.12. The fourth-order valence-electron chi connectivity index (χ4n) is 1.12. The molecule has 0 amide bonds. The summed E-state index contributed by atoms with van der Waals surface area (Å²) in [7, 11) is -2.23.